The standard InChI is InChI=1S/C30H40FN7O2/c1-4-32-11-13-36(20-30(40)35(3)37-18-22-9-10-24(31)15-23(22)19-37)29(39)17-33-26-16-27-25(14-21(26)2)28-8-6-5-7-12-38(28)34-27/h9-10,14-16,32-33H,4-8,11-13,17-20H2,1-3H3. The summed E-state index contributed by atoms with van der Waals surface area (Å²) in [5.74, 6) is -0.610. The topological polar surface area (TPSA) is 85.7 Å². The maximum absolute atomic E-state index is 13.7. The van der Waals surface area contributed by atoms with Gasteiger partial charge in [-0.2, -0.15) is 5.10 Å². The van der Waals surface area contributed by atoms with Crippen LogP contribution in [0.25, 0.3) is 10.9 Å². The van der Waals surface area contributed by atoms with Crippen LogP contribution in [0.5, 0.6) is 0 Å². The average molecular weight is 550 g/mol. The van der Waals surface area contributed by atoms with Crippen molar-refractivity contribution < 1.29 is 14.0 Å². The Morgan fingerprint density at radius 2 is 1.90 bits per heavy atom. The van der Waals surface area contributed by atoms with Crippen LogP contribution >= 0.6 is 0 Å². The van der Waals surface area contributed by atoms with Crippen molar-refractivity contribution in [3.05, 3.63) is 58.5 Å². The molecule has 2 aromatic carbocycles. The number of benzene rings is 2. The van der Waals surface area contributed by atoms with Crippen LogP contribution in [0.3, 0.4) is 0 Å². The Labute approximate surface area is 235 Å². The maximum atomic E-state index is 13.7. The van der Waals surface area contributed by atoms with Crippen molar-refractivity contribution >= 4 is 28.4 Å². The minimum Gasteiger partial charge on any atom is -0.376 e. The Kier molecular flexibility index (Phi) is 8.66. The van der Waals surface area contributed by atoms with E-state index in [-0.39, 0.29) is 30.7 Å². The van der Waals surface area contributed by atoms with E-state index in [0.29, 0.717) is 26.2 Å². The number of rotatable bonds is 10. The summed E-state index contributed by atoms with van der Waals surface area (Å²) in [7, 11) is 1.71. The number of fused-ring (bicyclic) bond motifs is 4. The van der Waals surface area contributed by atoms with Gasteiger partial charge in [-0.3, -0.25) is 19.3 Å². The molecule has 5 rings (SSSR count). The normalized spacial score (nSPS) is 15.0. The highest BCUT2D eigenvalue weighted by molar-refractivity contribution is 5.89. The molecule has 0 fully saturated rings. The fourth-order valence-corrected chi connectivity index (χ4v) is 5.66. The number of nitrogens with zero attached hydrogens (tertiary/aromatic N) is 5. The first-order chi connectivity index (χ1) is 19.3. The molecule has 0 spiro atoms. The van der Waals surface area contributed by atoms with Gasteiger partial charge >= 0.3 is 0 Å². The molecule has 40 heavy (non-hydrogen) atoms. The van der Waals surface area contributed by atoms with Gasteiger partial charge < -0.3 is 15.5 Å². The van der Waals surface area contributed by atoms with Crippen LogP contribution in [-0.2, 0) is 35.6 Å². The first-order valence-corrected chi connectivity index (χ1v) is 14.3. The molecule has 214 valence electrons. The highest BCUT2D eigenvalue weighted by Crippen LogP contribution is 2.29. The van der Waals surface area contributed by atoms with Crippen molar-refractivity contribution in [2.24, 2.45) is 0 Å². The summed E-state index contributed by atoms with van der Waals surface area (Å²) in [6.07, 6.45) is 4.62. The average Bonchev–Trinajstić information content (AvgIpc) is 3.42. The summed E-state index contributed by atoms with van der Waals surface area (Å²) in [4.78, 5) is 28.2. The molecule has 3 aromatic rings. The molecule has 0 radical (unpaired) electrons. The molecule has 3 heterocycles. The summed E-state index contributed by atoms with van der Waals surface area (Å²) in [5.41, 5.74) is 6.09. The zero-order chi connectivity index (χ0) is 28.2. The van der Waals surface area contributed by atoms with Crippen molar-refractivity contribution in [2.75, 3.05) is 45.1 Å². The molecule has 10 heteroatoms. The van der Waals surface area contributed by atoms with E-state index in [9.17, 15) is 14.0 Å². The monoisotopic (exact) mass is 549 g/mol. The number of hydrogen-bond donors (Lipinski definition) is 2. The fourth-order valence-electron chi connectivity index (χ4n) is 5.66. The zero-order valence-corrected chi connectivity index (χ0v) is 23.8. The third kappa shape index (κ3) is 6.13. The summed E-state index contributed by atoms with van der Waals surface area (Å²) >= 11 is 0. The molecule has 9 nitrogen and oxygen atoms in total. The number of hydrazine groups is 1. The number of anilines is 1. The number of aryl methyl sites for hydroxylation is 3. The first kappa shape index (κ1) is 28.0. The van der Waals surface area contributed by atoms with Gasteiger partial charge in [-0.15, -0.1) is 0 Å². The first-order valence-electron chi connectivity index (χ1n) is 14.3. The van der Waals surface area contributed by atoms with Crippen LogP contribution in [0.15, 0.2) is 30.3 Å². The molecule has 2 aliphatic heterocycles. The van der Waals surface area contributed by atoms with Gasteiger partial charge in [0.05, 0.1) is 12.1 Å². The quantitative estimate of drug-likeness (QED) is 0.377. The fraction of sp³-hybridized carbons (Fsp3) is 0.500. The summed E-state index contributed by atoms with van der Waals surface area (Å²) in [6.45, 7) is 7.85. The van der Waals surface area contributed by atoms with Crippen molar-refractivity contribution in [2.45, 2.75) is 59.2 Å². The molecule has 0 bridgehead atoms. The number of amides is 2. The number of aromatic nitrogens is 2. The minimum absolute atomic E-state index is 0.0323. The molecule has 0 saturated carbocycles. The third-order valence-electron chi connectivity index (χ3n) is 8.05. The van der Waals surface area contributed by atoms with E-state index in [0.717, 1.165) is 53.8 Å². The summed E-state index contributed by atoms with van der Waals surface area (Å²) in [6, 6.07) is 8.94. The van der Waals surface area contributed by atoms with Gasteiger partial charge in [0, 0.05) is 56.5 Å². The predicted molar refractivity (Wildman–Crippen MR) is 154 cm³/mol. The van der Waals surface area contributed by atoms with Crippen LogP contribution in [0.4, 0.5) is 10.1 Å². The molecule has 0 atom stereocenters. The second-order valence-corrected chi connectivity index (χ2v) is 10.8. The largest absolute Gasteiger partial charge is 0.376 e. The lowest BCUT2D eigenvalue weighted by atomic mass is 10.1. The summed E-state index contributed by atoms with van der Waals surface area (Å²) in [5, 5.41) is 16.0. The van der Waals surface area contributed by atoms with Gasteiger partial charge in [0.25, 0.3) is 5.91 Å². The smallest absolute Gasteiger partial charge is 0.256 e. The van der Waals surface area contributed by atoms with Crippen LogP contribution in [0, 0.1) is 12.7 Å². The summed E-state index contributed by atoms with van der Waals surface area (Å²) < 4.78 is 15.8. The Balaban J connectivity index is 1.23. The van der Waals surface area contributed by atoms with Crippen LogP contribution in [0.2, 0.25) is 0 Å². The van der Waals surface area contributed by atoms with Gasteiger partial charge in [0.2, 0.25) is 5.91 Å². The van der Waals surface area contributed by atoms with Gasteiger partial charge in [0.1, 0.15) is 12.4 Å². The van der Waals surface area contributed by atoms with Crippen molar-refractivity contribution in [3.8, 4) is 0 Å². The van der Waals surface area contributed by atoms with Crippen LogP contribution in [0.1, 0.15) is 48.6 Å². The maximum Gasteiger partial charge on any atom is 0.256 e. The van der Waals surface area contributed by atoms with Gasteiger partial charge in [0.15, 0.2) is 0 Å². The van der Waals surface area contributed by atoms with E-state index < -0.39 is 0 Å². The SMILES string of the molecule is CCNCCN(CC(=O)N(C)N1Cc2ccc(F)cc2C1)C(=O)CNc1cc2nn3c(c2cc1C)CCCCC3. The van der Waals surface area contributed by atoms with Crippen LogP contribution < -0.4 is 10.6 Å². The molecular weight excluding hydrogens is 509 g/mol. The van der Waals surface area contributed by atoms with Gasteiger partial charge in [-0.1, -0.05) is 19.4 Å². The highest BCUT2D eigenvalue weighted by Gasteiger charge is 2.27. The van der Waals surface area contributed by atoms with Crippen molar-refractivity contribution in [3.63, 3.8) is 0 Å². The van der Waals surface area contributed by atoms with Crippen molar-refractivity contribution in [1.82, 2.24) is 30.0 Å². The zero-order valence-electron chi connectivity index (χ0n) is 23.8. The second-order valence-electron chi connectivity index (χ2n) is 10.8. The molecule has 2 amide bonds. The van der Waals surface area contributed by atoms with E-state index >= 15 is 0 Å². The highest BCUT2D eigenvalue weighted by atomic mass is 19.1. The van der Waals surface area contributed by atoms with Gasteiger partial charge in [-0.05, 0) is 73.7 Å². The number of nitrogens with one attached hydrogen (secondary N) is 2. The van der Waals surface area contributed by atoms with E-state index in [4.69, 9.17) is 5.10 Å². The van der Waals surface area contributed by atoms with Gasteiger partial charge in [-0.25, -0.2) is 9.40 Å². The lowest BCUT2D eigenvalue weighted by Crippen LogP contribution is -2.49. The van der Waals surface area contributed by atoms with E-state index in [1.165, 1.54) is 36.1 Å². The number of carbonyl (C=O) groups is 2. The third-order valence-corrected chi connectivity index (χ3v) is 8.05. The Morgan fingerprint density at radius 1 is 1.07 bits per heavy atom. The Morgan fingerprint density at radius 3 is 2.73 bits per heavy atom. The number of carbonyl (C=O) groups excluding carboxylic acids is 2. The molecule has 0 saturated heterocycles. The van der Waals surface area contributed by atoms with Crippen molar-refractivity contribution in [1.29, 1.82) is 0 Å². The molecule has 1 aromatic heterocycles. The lowest BCUT2D eigenvalue weighted by Gasteiger charge is -2.31. The Hall–Kier alpha value is -3.50. The number of hydrogen-bond acceptors (Lipinski definition) is 6. The molecule has 0 unspecified atom stereocenters. The second kappa shape index (κ2) is 12.3. The van der Waals surface area contributed by atoms with E-state index in [1.807, 2.05) is 24.9 Å². The molecule has 2 aliphatic rings. The Bertz CT molecular complexity index is 1390. The molecular formula is C30H40FN7O2. The minimum atomic E-state index is -0.278. The molecule has 2 N–H and O–H groups in total. The number of likely N-dealkylation sites (N-methyl/N-ethyl adjacent to an activating group) is 2. The van der Waals surface area contributed by atoms with E-state index in [2.05, 4.69) is 21.4 Å². The lowest BCUT2D eigenvalue weighted by molar-refractivity contribution is -0.151. The van der Waals surface area contributed by atoms with Crippen LogP contribution in [-0.4, -0.2) is 76.3 Å². The predicted octanol–water partition coefficient (Wildman–Crippen LogP) is 3.45. The number of halogens is 1. The van der Waals surface area contributed by atoms with E-state index in [1.54, 1.807) is 23.0 Å². The molecule has 0 aliphatic carbocycles.